The molecule has 1 saturated carbocycles. The molecule has 3 aliphatic rings. The van der Waals surface area contributed by atoms with Crippen LogP contribution in [0.3, 0.4) is 0 Å². The molecule has 0 amide bonds. The summed E-state index contributed by atoms with van der Waals surface area (Å²) in [6.07, 6.45) is 7.86. The zero-order valence-electron chi connectivity index (χ0n) is 13.2. The lowest BCUT2D eigenvalue weighted by atomic mass is 9.90. The third kappa shape index (κ3) is 2.84. The maximum atomic E-state index is 4.89. The first kappa shape index (κ1) is 13.6. The average Bonchev–Trinajstić information content (AvgIpc) is 3.26. The van der Waals surface area contributed by atoms with Gasteiger partial charge in [-0.1, -0.05) is 0 Å². The monoisotopic (exact) mass is 286 g/mol. The van der Waals surface area contributed by atoms with Gasteiger partial charge in [0.05, 0.1) is 5.69 Å². The molecule has 0 spiro atoms. The Hall–Kier alpha value is -1.00. The SMILES string of the molecule is Cc1cc(CNC2CC2)nc(C2CC3CCC(C2)N3C)n1. The highest BCUT2D eigenvalue weighted by Crippen LogP contribution is 2.41. The van der Waals surface area contributed by atoms with E-state index < -0.39 is 0 Å². The lowest BCUT2D eigenvalue weighted by Crippen LogP contribution is -2.39. The van der Waals surface area contributed by atoms with Gasteiger partial charge in [0.2, 0.25) is 0 Å². The molecule has 2 atom stereocenters. The number of nitrogens with zero attached hydrogens (tertiary/aromatic N) is 3. The third-order valence-electron chi connectivity index (χ3n) is 5.54. The van der Waals surface area contributed by atoms with Gasteiger partial charge in [-0.2, -0.15) is 0 Å². The molecule has 2 unspecified atom stereocenters. The molecule has 1 N–H and O–H groups in total. The first-order chi connectivity index (χ1) is 10.2. The quantitative estimate of drug-likeness (QED) is 0.922. The Balaban J connectivity index is 1.51. The van der Waals surface area contributed by atoms with Crippen molar-refractivity contribution < 1.29 is 0 Å². The number of rotatable bonds is 4. The van der Waals surface area contributed by atoms with Crippen LogP contribution in [-0.4, -0.2) is 40.0 Å². The smallest absolute Gasteiger partial charge is 0.132 e. The van der Waals surface area contributed by atoms with Crippen molar-refractivity contribution in [2.24, 2.45) is 0 Å². The summed E-state index contributed by atoms with van der Waals surface area (Å²) in [4.78, 5) is 12.2. The van der Waals surface area contributed by atoms with E-state index in [1.54, 1.807) is 0 Å². The van der Waals surface area contributed by atoms with Crippen LogP contribution in [-0.2, 0) is 6.54 Å². The molecule has 1 aliphatic carbocycles. The number of nitrogens with one attached hydrogen (secondary N) is 1. The van der Waals surface area contributed by atoms with Crippen LogP contribution < -0.4 is 5.32 Å². The van der Waals surface area contributed by atoms with E-state index in [-0.39, 0.29) is 0 Å². The highest BCUT2D eigenvalue weighted by molar-refractivity contribution is 5.15. The molecule has 3 heterocycles. The van der Waals surface area contributed by atoms with E-state index in [0.717, 1.165) is 36.2 Å². The summed E-state index contributed by atoms with van der Waals surface area (Å²) in [7, 11) is 2.29. The molecule has 2 bridgehead atoms. The van der Waals surface area contributed by atoms with Crippen molar-refractivity contribution in [1.29, 1.82) is 0 Å². The van der Waals surface area contributed by atoms with Gasteiger partial charge in [-0.3, -0.25) is 0 Å². The molecule has 4 nitrogen and oxygen atoms in total. The van der Waals surface area contributed by atoms with Gasteiger partial charge in [0, 0.05) is 36.3 Å². The zero-order chi connectivity index (χ0) is 14.4. The predicted octanol–water partition coefficient (Wildman–Crippen LogP) is 2.38. The second-order valence-corrected chi connectivity index (χ2v) is 7.23. The standard InChI is InChI=1S/C17H26N4/c1-11-7-14(10-18-13-3-4-13)20-17(19-11)12-8-15-5-6-16(9-12)21(15)2/h7,12-13,15-16,18H,3-6,8-10H2,1-2H3. The maximum absolute atomic E-state index is 4.89. The van der Waals surface area contributed by atoms with Crippen molar-refractivity contribution in [3.63, 3.8) is 0 Å². The summed E-state index contributed by atoms with van der Waals surface area (Å²) in [6.45, 7) is 3.01. The first-order valence-electron chi connectivity index (χ1n) is 8.49. The van der Waals surface area contributed by atoms with Gasteiger partial charge >= 0.3 is 0 Å². The number of aromatic nitrogens is 2. The molecule has 114 valence electrons. The summed E-state index contributed by atoms with van der Waals surface area (Å²) < 4.78 is 0. The fourth-order valence-corrected chi connectivity index (χ4v) is 4.09. The summed E-state index contributed by atoms with van der Waals surface area (Å²) >= 11 is 0. The van der Waals surface area contributed by atoms with Gasteiger partial charge in [-0.05, 0) is 58.6 Å². The number of fused-ring (bicyclic) bond motifs is 2. The molecule has 1 aromatic rings. The fourth-order valence-electron chi connectivity index (χ4n) is 4.09. The Morgan fingerprint density at radius 1 is 1.14 bits per heavy atom. The van der Waals surface area contributed by atoms with Gasteiger partial charge in [0.25, 0.3) is 0 Å². The molecule has 21 heavy (non-hydrogen) atoms. The van der Waals surface area contributed by atoms with Crippen LogP contribution in [0.25, 0.3) is 0 Å². The fraction of sp³-hybridized carbons (Fsp3) is 0.765. The number of piperidine rings is 1. The largest absolute Gasteiger partial charge is 0.308 e. The Labute approximate surface area is 127 Å². The van der Waals surface area contributed by atoms with Crippen molar-refractivity contribution in [2.75, 3.05) is 7.05 Å². The molecule has 0 aromatic carbocycles. The molecule has 0 radical (unpaired) electrons. The minimum Gasteiger partial charge on any atom is -0.308 e. The van der Waals surface area contributed by atoms with Gasteiger partial charge in [-0.25, -0.2) is 9.97 Å². The molecule has 3 fully saturated rings. The maximum Gasteiger partial charge on any atom is 0.132 e. The van der Waals surface area contributed by atoms with Gasteiger partial charge < -0.3 is 10.2 Å². The van der Waals surface area contributed by atoms with Gasteiger partial charge in [0.15, 0.2) is 0 Å². The minimum absolute atomic E-state index is 0.568. The summed E-state index contributed by atoms with van der Waals surface area (Å²) in [6, 6.07) is 4.39. The third-order valence-corrected chi connectivity index (χ3v) is 5.54. The van der Waals surface area contributed by atoms with E-state index >= 15 is 0 Å². The summed E-state index contributed by atoms with van der Waals surface area (Å²) in [5.74, 6) is 1.67. The average molecular weight is 286 g/mol. The van der Waals surface area contributed by atoms with E-state index in [9.17, 15) is 0 Å². The molecule has 1 aromatic heterocycles. The molecule has 4 rings (SSSR count). The van der Waals surface area contributed by atoms with Crippen LogP contribution in [0.2, 0.25) is 0 Å². The van der Waals surface area contributed by atoms with E-state index in [0.29, 0.717) is 5.92 Å². The van der Waals surface area contributed by atoms with Gasteiger partial charge in [-0.15, -0.1) is 0 Å². The molecule has 2 saturated heterocycles. The lowest BCUT2D eigenvalue weighted by Gasteiger charge is -2.35. The van der Waals surface area contributed by atoms with E-state index in [1.807, 2.05) is 0 Å². The zero-order valence-corrected chi connectivity index (χ0v) is 13.2. The van der Waals surface area contributed by atoms with Crippen LogP contribution in [0.4, 0.5) is 0 Å². The van der Waals surface area contributed by atoms with E-state index in [2.05, 4.69) is 30.3 Å². The second-order valence-electron chi connectivity index (χ2n) is 7.23. The molecule has 4 heteroatoms. The van der Waals surface area contributed by atoms with Crippen LogP contribution in [0, 0.1) is 6.92 Å². The molecular weight excluding hydrogens is 260 g/mol. The second kappa shape index (κ2) is 5.33. The van der Waals surface area contributed by atoms with Crippen LogP contribution in [0.1, 0.15) is 61.7 Å². The Morgan fingerprint density at radius 2 is 1.86 bits per heavy atom. The molecular formula is C17H26N4. The van der Waals surface area contributed by atoms with E-state index in [1.165, 1.54) is 44.2 Å². The highest BCUT2D eigenvalue weighted by atomic mass is 15.2. The lowest BCUT2D eigenvalue weighted by molar-refractivity contribution is 0.158. The normalized spacial score (nSPS) is 32.6. The predicted molar refractivity (Wildman–Crippen MR) is 83.2 cm³/mol. The summed E-state index contributed by atoms with van der Waals surface area (Å²) in [5, 5.41) is 3.57. The van der Waals surface area contributed by atoms with E-state index in [4.69, 9.17) is 9.97 Å². The highest BCUT2D eigenvalue weighted by Gasteiger charge is 2.39. The van der Waals surface area contributed by atoms with Crippen molar-refractivity contribution in [3.8, 4) is 0 Å². The first-order valence-corrected chi connectivity index (χ1v) is 8.49. The summed E-state index contributed by atoms with van der Waals surface area (Å²) in [5.41, 5.74) is 2.30. The van der Waals surface area contributed by atoms with Crippen LogP contribution in [0.15, 0.2) is 6.07 Å². The van der Waals surface area contributed by atoms with Crippen molar-refractivity contribution >= 4 is 0 Å². The van der Waals surface area contributed by atoms with Crippen LogP contribution in [0.5, 0.6) is 0 Å². The minimum atomic E-state index is 0.568. The van der Waals surface area contributed by atoms with Crippen molar-refractivity contribution in [3.05, 3.63) is 23.3 Å². The Morgan fingerprint density at radius 3 is 2.52 bits per heavy atom. The molecule has 2 aliphatic heterocycles. The van der Waals surface area contributed by atoms with Crippen LogP contribution >= 0.6 is 0 Å². The Bertz CT molecular complexity index is 512. The Kier molecular flexibility index (Phi) is 3.46. The number of hydrogen-bond donors (Lipinski definition) is 1. The van der Waals surface area contributed by atoms with Crippen molar-refractivity contribution in [2.45, 2.75) is 76.0 Å². The topological polar surface area (TPSA) is 41.1 Å². The van der Waals surface area contributed by atoms with Crippen molar-refractivity contribution in [1.82, 2.24) is 20.2 Å². The van der Waals surface area contributed by atoms with Gasteiger partial charge in [0.1, 0.15) is 5.82 Å². The number of aryl methyl sites for hydroxylation is 1. The number of hydrogen-bond acceptors (Lipinski definition) is 4.